The largest absolute Gasteiger partial charge is 0.391 e. The molecule has 1 aliphatic rings. The molecule has 2 atom stereocenters. The van der Waals surface area contributed by atoms with Gasteiger partial charge in [-0.15, -0.1) is 0 Å². The summed E-state index contributed by atoms with van der Waals surface area (Å²) in [7, 11) is 0. The van der Waals surface area contributed by atoms with Crippen LogP contribution in [-0.4, -0.2) is 35.7 Å². The normalized spacial score (nSPS) is 19.4. The molecular formula is C24H31N3O4. The van der Waals surface area contributed by atoms with E-state index in [4.69, 9.17) is 15.0 Å². The Hall–Kier alpha value is -2.87. The van der Waals surface area contributed by atoms with E-state index in [-0.39, 0.29) is 13.6 Å². The number of aliphatic hydroxyl groups is 1. The zero-order valence-electron chi connectivity index (χ0n) is 17.9. The molecule has 0 spiro atoms. The second-order valence-corrected chi connectivity index (χ2v) is 8.04. The van der Waals surface area contributed by atoms with Crippen molar-refractivity contribution in [2.75, 3.05) is 25.1 Å². The predicted octanol–water partition coefficient (Wildman–Crippen LogP) is 3.25. The number of anilines is 1. The summed E-state index contributed by atoms with van der Waals surface area (Å²) >= 11 is 0. The van der Waals surface area contributed by atoms with Gasteiger partial charge in [0.15, 0.2) is 5.58 Å². The van der Waals surface area contributed by atoms with Gasteiger partial charge in [0.1, 0.15) is 6.04 Å². The van der Waals surface area contributed by atoms with E-state index in [1.54, 1.807) is 0 Å². The van der Waals surface area contributed by atoms with E-state index in [1.165, 1.54) is 4.74 Å². The summed E-state index contributed by atoms with van der Waals surface area (Å²) in [4.78, 5) is 13.1. The Morgan fingerprint density at radius 1 is 1.29 bits per heavy atom. The van der Waals surface area contributed by atoms with Gasteiger partial charge < -0.3 is 25.4 Å². The van der Waals surface area contributed by atoms with E-state index in [2.05, 4.69) is 17.4 Å². The number of nitrogens with zero attached hydrogens (tertiary/aromatic N) is 1. The summed E-state index contributed by atoms with van der Waals surface area (Å²) in [6.07, 6.45) is 4.23. The Balaban J connectivity index is 0.00000289. The SMILES string of the molecule is Cc1c(Cc2ccc(N/C=C\CN)cc2)cc2c(=O)n([C@H]3COCC[C@@H]3O)oc2c1C.[HH]. The monoisotopic (exact) mass is 425 g/mol. The van der Waals surface area contributed by atoms with Crippen molar-refractivity contribution in [1.29, 1.82) is 0 Å². The quantitative estimate of drug-likeness (QED) is 0.560. The van der Waals surface area contributed by atoms with Gasteiger partial charge in [0.05, 0.1) is 18.1 Å². The van der Waals surface area contributed by atoms with E-state index in [1.807, 2.05) is 44.3 Å². The molecule has 0 unspecified atom stereocenters. The highest BCUT2D eigenvalue weighted by Crippen LogP contribution is 2.28. The van der Waals surface area contributed by atoms with Crippen LogP contribution in [0.1, 0.15) is 36.1 Å². The predicted molar refractivity (Wildman–Crippen MR) is 124 cm³/mol. The summed E-state index contributed by atoms with van der Waals surface area (Å²) in [6.45, 7) is 5.28. The van der Waals surface area contributed by atoms with Crippen LogP contribution in [0.25, 0.3) is 11.0 Å². The maximum absolute atomic E-state index is 13.1. The zero-order chi connectivity index (χ0) is 22.0. The minimum Gasteiger partial charge on any atom is -0.391 e. The number of aliphatic hydroxyl groups excluding tert-OH is 1. The molecule has 1 aliphatic heterocycles. The molecule has 1 aromatic heterocycles. The summed E-state index contributed by atoms with van der Waals surface area (Å²) < 4.78 is 12.7. The lowest BCUT2D eigenvalue weighted by molar-refractivity contribution is -0.0526. The molecule has 2 aromatic carbocycles. The van der Waals surface area contributed by atoms with Crippen LogP contribution in [0, 0.1) is 13.8 Å². The number of rotatable bonds is 6. The number of benzene rings is 2. The van der Waals surface area contributed by atoms with Crippen molar-refractivity contribution in [2.24, 2.45) is 5.73 Å². The second kappa shape index (κ2) is 9.09. The standard InChI is InChI=1S/C24H29N3O4.H2/c1-15-16(2)23-20(24(29)27(31-23)21-14-30-11-8-22(21)28)13-18(15)12-17-4-6-19(7-5-17)26-10-3-9-25;/h3-7,10,13,21-22,26,28H,8-9,11-12,14,25H2,1-2H3;1H/b10-3-;/t21-,22-;/m0./s1. The number of hydrogen-bond donors (Lipinski definition) is 3. The fourth-order valence-electron chi connectivity index (χ4n) is 4.00. The molecular weight excluding hydrogens is 394 g/mol. The Labute approximate surface area is 182 Å². The number of aryl methyl sites for hydroxylation is 1. The molecule has 0 aliphatic carbocycles. The molecule has 31 heavy (non-hydrogen) atoms. The van der Waals surface area contributed by atoms with Crippen molar-refractivity contribution in [3.05, 3.63) is 75.2 Å². The van der Waals surface area contributed by atoms with Crippen LogP contribution in [-0.2, 0) is 11.2 Å². The van der Waals surface area contributed by atoms with Gasteiger partial charge in [0.2, 0.25) is 0 Å². The van der Waals surface area contributed by atoms with Crippen LogP contribution in [0.5, 0.6) is 0 Å². The summed E-state index contributed by atoms with van der Waals surface area (Å²) in [5.74, 6) is 0. The summed E-state index contributed by atoms with van der Waals surface area (Å²) in [5, 5.41) is 14.0. The van der Waals surface area contributed by atoms with E-state index >= 15 is 0 Å². The minimum absolute atomic E-state index is 0. The number of nitrogens with one attached hydrogen (secondary N) is 1. The van der Waals surface area contributed by atoms with Crippen LogP contribution in [0.15, 0.2) is 51.9 Å². The lowest BCUT2D eigenvalue weighted by Gasteiger charge is -2.26. The number of fused-ring (bicyclic) bond motifs is 1. The van der Waals surface area contributed by atoms with Crippen LogP contribution in [0.4, 0.5) is 5.69 Å². The van der Waals surface area contributed by atoms with Crippen molar-refractivity contribution in [2.45, 2.75) is 38.8 Å². The van der Waals surface area contributed by atoms with Gasteiger partial charge in [-0.2, -0.15) is 4.74 Å². The molecule has 3 aromatic rings. The number of aromatic nitrogens is 1. The first-order chi connectivity index (χ1) is 15.0. The Morgan fingerprint density at radius 2 is 2.06 bits per heavy atom. The molecule has 0 amide bonds. The van der Waals surface area contributed by atoms with Crippen LogP contribution in [0.3, 0.4) is 0 Å². The van der Waals surface area contributed by atoms with Gasteiger partial charge in [0, 0.05) is 20.3 Å². The van der Waals surface area contributed by atoms with Gasteiger partial charge in [0.25, 0.3) is 5.56 Å². The summed E-state index contributed by atoms with van der Waals surface area (Å²) in [6, 6.07) is 9.61. The van der Waals surface area contributed by atoms with Crippen molar-refractivity contribution < 1.29 is 15.8 Å². The first-order valence-corrected chi connectivity index (χ1v) is 10.6. The van der Waals surface area contributed by atoms with E-state index in [0.29, 0.717) is 37.0 Å². The second-order valence-electron chi connectivity index (χ2n) is 8.04. The van der Waals surface area contributed by atoms with Crippen molar-refractivity contribution in [3.63, 3.8) is 0 Å². The van der Waals surface area contributed by atoms with Gasteiger partial charge in [-0.25, -0.2) is 0 Å². The zero-order valence-corrected chi connectivity index (χ0v) is 17.9. The van der Waals surface area contributed by atoms with Crippen molar-refractivity contribution in [3.8, 4) is 0 Å². The molecule has 4 N–H and O–H groups in total. The Bertz CT molecular complexity index is 1150. The smallest absolute Gasteiger partial charge is 0.290 e. The molecule has 7 nitrogen and oxygen atoms in total. The van der Waals surface area contributed by atoms with Crippen molar-refractivity contribution in [1.82, 2.24) is 4.74 Å². The van der Waals surface area contributed by atoms with Gasteiger partial charge in [-0.05, 0) is 73.3 Å². The van der Waals surface area contributed by atoms with E-state index in [0.717, 1.165) is 27.9 Å². The number of ether oxygens (including phenoxy) is 1. The third kappa shape index (κ3) is 4.30. The van der Waals surface area contributed by atoms with Crippen molar-refractivity contribution >= 4 is 16.7 Å². The summed E-state index contributed by atoms with van der Waals surface area (Å²) in [5.41, 5.74) is 11.1. The number of nitrogens with two attached hydrogens (primary N) is 1. The maximum Gasteiger partial charge on any atom is 0.290 e. The Kier molecular flexibility index (Phi) is 6.27. The first-order valence-electron chi connectivity index (χ1n) is 10.6. The van der Waals surface area contributed by atoms with E-state index in [9.17, 15) is 9.90 Å². The fourth-order valence-corrected chi connectivity index (χ4v) is 4.00. The third-order valence-corrected chi connectivity index (χ3v) is 6.01. The van der Waals surface area contributed by atoms with E-state index < -0.39 is 12.1 Å². The molecule has 7 heteroatoms. The minimum atomic E-state index is -0.653. The molecule has 166 valence electrons. The van der Waals surface area contributed by atoms with Gasteiger partial charge >= 0.3 is 0 Å². The molecule has 2 heterocycles. The highest BCUT2D eigenvalue weighted by molar-refractivity contribution is 5.81. The molecule has 1 fully saturated rings. The molecule has 0 saturated carbocycles. The van der Waals surface area contributed by atoms with Crippen LogP contribution in [0.2, 0.25) is 0 Å². The fraction of sp³-hybridized carbons (Fsp3) is 0.375. The highest BCUT2D eigenvalue weighted by Gasteiger charge is 2.30. The van der Waals surface area contributed by atoms with Gasteiger partial charge in [-0.1, -0.05) is 18.2 Å². The van der Waals surface area contributed by atoms with Gasteiger partial charge in [-0.3, -0.25) is 4.79 Å². The topological polar surface area (TPSA) is 103 Å². The molecule has 4 rings (SSSR count). The molecule has 1 saturated heterocycles. The lowest BCUT2D eigenvalue weighted by atomic mass is 9.95. The third-order valence-electron chi connectivity index (χ3n) is 6.01. The number of hydrogen-bond acceptors (Lipinski definition) is 6. The average Bonchev–Trinajstić information content (AvgIpc) is 3.10. The highest BCUT2D eigenvalue weighted by atomic mass is 16.5. The maximum atomic E-state index is 13.1. The molecule has 0 radical (unpaired) electrons. The average molecular weight is 426 g/mol. The van der Waals surface area contributed by atoms with Crippen LogP contribution >= 0.6 is 0 Å². The van der Waals surface area contributed by atoms with Crippen LogP contribution < -0.4 is 16.6 Å². The first kappa shape index (κ1) is 21.4. The molecule has 0 bridgehead atoms. The Morgan fingerprint density at radius 3 is 2.77 bits per heavy atom. The lowest BCUT2D eigenvalue weighted by Crippen LogP contribution is -2.37.